The van der Waals surface area contributed by atoms with E-state index in [1.807, 2.05) is 0 Å². The number of nitrogens with zero attached hydrogens (tertiary/aromatic N) is 3. The maximum absolute atomic E-state index is 11.5. The van der Waals surface area contributed by atoms with Crippen LogP contribution in [-0.4, -0.2) is 42.6 Å². The molecule has 1 fully saturated rings. The highest BCUT2D eigenvalue weighted by Crippen LogP contribution is 2.30. The van der Waals surface area contributed by atoms with Crippen LogP contribution in [0.2, 0.25) is 0 Å². The van der Waals surface area contributed by atoms with E-state index in [0.717, 1.165) is 6.42 Å². The number of pyridine rings is 1. The normalized spacial score (nSPS) is 18.1. The van der Waals surface area contributed by atoms with Gasteiger partial charge in [0.1, 0.15) is 0 Å². The average molecular weight is 280 g/mol. The Morgan fingerprint density at radius 3 is 2.95 bits per heavy atom. The molecule has 1 aliphatic heterocycles. The first kappa shape index (κ1) is 14.2. The van der Waals surface area contributed by atoms with Crippen LogP contribution in [0.15, 0.2) is 12.1 Å². The Labute approximate surface area is 115 Å². The van der Waals surface area contributed by atoms with Gasteiger partial charge in [-0.1, -0.05) is 0 Å². The highest BCUT2D eigenvalue weighted by Gasteiger charge is 2.29. The summed E-state index contributed by atoms with van der Waals surface area (Å²) in [5.74, 6) is -0.122. The van der Waals surface area contributed by atoms with Crippen LogP contribution < -0.4 is 10.6 Å². The summed E-state index contributed by atoms with van der Waals surface area (Å²) in [6.45, 7) is 1.77. The van der Waals surface area contributed by atoms with Gasteiger partial charge in [-0.05, 0) is 24.9 Å². The van der Waals surface area contributed by atoms with Crippen molar-refractivity contribution in [1.29, 1.82) is 0 Å². The molecule has 0 spiro atoms. The van der Waals surface area contributed by atoms with Crippen LogP contribution in [-0.2, 0) is 4.74 Å². The van der Waals surface area contributed by atoms with E-state index in [1.54, 1.807) is 4.90 Å². The van der Waals surface area contributed by atoms with Crippen molar-refractivity contribution in [2.24, 2.45) is 11.7 Å². The summed E-state index contributed by atoms with van der Waals surface area (Å²) in [6, 6.07) is 2.58. The van der Waals surface area contributed by atoms with E-state index in [2.05, 4.69) is 9.72 Å². The summed E-state index contributed by atoms with van der Waals surface area (Å²) < 4.78 is 4.59. The summed E-state index contributed by atoms with van der Waals surface area (Å²) in [6.07, 6.45) is 0.859. The number of carbonyl (C=O) groups excluding carboxylic acids is 1. The summed E-state index contributed by atoms with van der Waals surface area (Å²) >= 11 is 0. The SMILES string of the molecule is COC(=O)c1ccc([N+](=O)[O-])c(N2CCC(CN)C2)n1. The van der Waals surface area contributed by atoms with E-state index in [-0.39, 0.29) is 23.1 Å². The van der Waals surface area contributed by atoms with Gasteiger partial charge < -0.3 is 15.4 Å². The zero-order valence-electron chi connectivity index (χ0n) is 11.1. The van der Waals surface area contributed by atoms with Crippen molar-refractivity contribution in [1.82, 2.24) is 4.98 Å². The molecule has 0 bridgehead atoms. The van der Waals surface area contributed by atoms with Crippen molar-refractivity contribution < 1.29 is 14.5 Å². The average Bonchev–Trinajstić information content (AvgIpc) is 2.94. The fourth-order valence-corrected chi connectivity index (χ4v) is 2.25. The molecule has 1 atom stereocenters. The van der Waals surface area contributed by atoms with Crippen LogP contribution in [0.25, 0.3) is 0 Å². The van der Waals surface area contributed by atoms with Gasteiger partial charge in [-0.2, -0.15) is 0 Å². The smallest absolute Gasteiger partial charge is 0.356 e. The first-order valence-electron chi connectivity index (χ1n) is 6.25. The number of hydrogen-bond donors (Lipinski definition) is 1. The third kappa shape index (κ3) is 2.69. The number of carbonyl (C=O) groups is 1. The van der Waals surface area contributed by atoms with Crippen LogP contribution in [0, 0.1) is 16.0 Å². The number of methoxy groups -OCH3 is 1. The Bertz CT molecular complexity index is 534. The first-order valence-corrected chi connectivity index (χ1v) is 6.25. The number of esters is 1. The Morgan fingerprint density at radius 1 is 1.65 bits per heavy atom. The molecule has 2 N–H and O–H groups in total. The van der Waals surface area contributed by atoms with Crippen molar-refractivity contribution in [2.75, 3.05) is 31.6 Å². The van der Waals surface area contributed by atoms with E-state index < -0.39 is 10.9 Å². The zero-order chi connectivity index (χ0) is 14.7. The summed E-state index contributed by atoms with van der Waals surface area (Å²) in [5, 5.41) is 11.1. The molecule has 2 rings (SSSR count). The van der Waals surface area contributed by atoms with Gasteiger partial charge in [-0.3, -0.25) is 10.1 Å². The number of rotatable bonds is 4. The third-order valence-corrected chi connectivity index (χ3v) is 3.36. The molecule has 0 saturated carbocycles. The van der Waals surface area contributed by atoms with Gasteiger partial charge in [-0.25, -0.2) is 9.78 Å². The highest BCUT2D eigenvalue weighted by atomic mass is 16.6. The lowest BCUT2D eigenvalue weighted by atomic mass is 10.1. The largest absolute Gasteiger partial charge is 0.464 e. The standard InChI is InChI=1S/C12H16N4O4/c1-20-12(17)9-2-3-10(16(18)19)11(14-9)15-5-4-8(6-13)7-15/h2-3,8H,4-7,13H2,1H3. The van der Waals surface area contributed by atoms with E-state index in [9.17, 15) is 14.9 Å². The van der Waals surface area contributed by atoms with Crippen LogP contribution in [0.5, 0.6) is 0 Å². The molecule has 0 amide bonds. The Kier molecular flexibility index (Phi) is 4.14. The van der Waals surface area contributed by atoms with Crippen molar-refractivity contribution in [3.63, 3.8) is 0 Å². The second-order valence-electron chi connectivity index (χ2n) is 4.62. The number of aromatic nitrogens is 1. The minimum atomic E-state index is -0.615. The van der Waals surface area contributed by atoms with Gasteiger partial charge in [0.2, 0.25) is 5.82 Å². The highest BCUT2D eigenvalue weighted by molar-refractivity contribution is 5.88. The molecule has 1 aliphatic rings. The number of hydrogen-bond acceptors (Lipinski definition) is 7. The third-order valence-electron chi connectivity index (χ3n) is 3.36. The van der Waals surface area contributed by atoms with Crippen LogP contribution in [0.3, 0.4) is 0 Å². The first-order chi connectivity index (χ1) is 9.56. The van der Waals surface area contributed by atoms with Crippen LogP contribution >= 0.6 is 0 Å². The van der Waals surface area contributed by atoms with Gasteiger partial charge in [0.05, 0.1) is 12.0 Å². The summed E-state index contributed by atoms with van der Waals surface area (Å²) in [7, 11) is 1.24. The number of anilines is 1. The lowest BCUT2D eigenvalue weighted by Gasteiger charge is -2.17. The predicted octanol–water partition coefficient (Wildman–Crippen LogP) is 0.561. The van der Waals surface area contributed by atoms with Crippen molar-refractivity contribution >= 4 is 17.5 Å². The molecule has 1 aromatic rings. The van der Waals surface area contributed by atoms with Gasteiger partial charge in [0.25, 0.3) is 0 Å². The molecule has 0 radical (unpaired) electrons. The van der Waals surface area contributed by atoms with Crippen molar-refractivity contribution in [2.45, 2.75) is 6.42 Å². The molecule has 2 heterocycles. The molecule has 1 unspecified atom stereocenters. The Balaban J connectivity index is 2.37. The second kappa shape index (κ2) is 5.83. The Hall–Kier alpha value is -2.22. The second-order valence-corrected chi connectivity index (χ2v) is 4.62. The van der Waals surface area contributed by atoms with E-state index in [1.165, 1.54) is 19.2 Å². The number of nitro groups is 1. The summed E-state index contributed by atoms with van der Waals surface area (Å²) in [4.78, 5) is 27.9. The number of nitrogens with two attached hydrogens (primary N) is 1. The van der Waals surface area contributed by atoms with Gasteiger partial charge in [0.15, 0.2) is 5.69 Å². The molecular formula is C12H16N4O4. The van der Waals surface area contributed by atoms with Crippen molar-refractivity contribution in [3.8, 4) is 0 Å². The fraction of sp³-hybridized carbons (Fsp3) is 0.500. The maximum atomic E-state index is 11.5. The molecular weight excluding hydrogens is 264 g/mol. The van der Waals surface area contributed by atoms with E-state index in [4.69, 9.17) is 5.73 Å². The topological polar surface area (TPSA) is 112 Å². The molecule has 0 aromatic carbocycles. The Morgan fingerprint density at radius 2 is 2.40 bits per heavy atom. The van der Waals surface area contributed by atoms with E-state index in [0.29, 0.717) is 19.6 Å². The number of ether oxygens (including phenoxy) is 1. The zero-order valence-corrected chi connectivity index (χ0v) is 11.1. The minimum Gasteiger partial charge on any atom is -0.464 e. The maximum Gasteiger partial charge on any atom is 0.356 e. The molecule has 1 aromatic heterocycles. The van der Waals surface area contributed by atoms with Crippen LogP contribution in [0.4, 0.5) is 11.5 Å². The fourth-order valence-electron chi connectivity index (χ4n) is 2.25. The van der Waals surface area contributed by atoms with E-state index >= 15 is 0 Å². The van der Waals surface area contributed by atoms with Gasteiger partial charge >= 0.3 is 11.7 Å². The molecule has 8 nitrogen and oxygen atoms in total. The lowest BCUT2D eigenvalue weighted by molar-refractivity contribution is -0.384. The molecule has 0 aliphatic carbocycles. The van der Waals surface area contributed by atoms with Gasteiger partial charge in [0, 0.05) is 19.2 Å². The predicted molar refractivity (Wildman–Crippen MR) is 71.6 cm³/mol. The quantitative estimate of drug-likeness (QED) is 0.487. The minimum absolute atomic E-state index is 0.0595. The molecule has 8 heteroatoms. The van der Waals surface area contributed by atoms with Crippen LogP contribution in [0.1, 0.15) is 16.9 Å². The molecule has 108 valence electrons. The monoisotopic (exact) mass is 280 g/mol. The van der Waals surface area contributed by atoms with Gasteiger partial charge in [-0.15, -0.1) is 0 Å². The molecule has 20 heavy (non-hydrogen) atoms. The lowest BCUT2D eigenvalue weighted by Crippen LogP contribution is -2.25. The van der Waals surface area contributed by atoms with Crippen molar-refractivity contribution in [3.05, 3.63) is 27.9 Å². The molecule has 1 saturated heterocycles. The summed E-state index contributed by atoms with van der Waals surface area (Å²) in [5.41, 5.74) is 5.56.